The lowest BCUT2D eigenvalue weighted by Gasteiger charge is -2.06. The quantitative estimate of drug-likeness (QED) is 0.385. The second-order valence-electron chi connectivity index (χ2n) is 6.02. The van der Waals surface area contributed by atoms with Crippen molar-refractivity contribution in [3.05, 3.63) is 58.8 Å². The summed E-state index contributed by atoms with van der Waals surface area (Å²) in [4.78, 5) is 16.7. The molecule has 0 aliphatic rings. The molecule has 0 spiro atoms. The van der Waals surface area contributed by atoms with Crippen LogP contribution in [-0.2, 0) is 18.4 Å². The number of amides is 1. The Balaban J connectivity index is 1.31. The molecule has 0 saturated carbocycles. The third-order valence-corrected chi connectivity index (χ3v) is 6.48. The molecule has 2 aromatic carbocycles. The van der Waals surface area contributed by atoms with E-state index in [0.29, 0.717) is 22.7 Å². The Hall–Kier alpha value is -2.43. The van der Waals surface area contributed by atoms with E-state index in [1.807, 2.05) is 60.1 Å². The summed E-state index contributed by atoms with van der Waals surface area (Å²) in [5.74, 6) is 1.52. The highest BCUT2D eigenvalue weighted by Gasteiger charge is 2.13. The van der Waals surface area contributed by atoms with Crippen LogP contribution < -0.4 is 10.1 Å². The molecule has 0 atom stereocenters. The van der Waals surface area contributed by atoms with Gasteiger partial charge in [-0.1, -0.05) is 51.2 Å². The molecule has 0 aliphatic heterocycles. The van der Waals surface area contributed by atoms with Crippen molar-refractivity contribution in [3.8, 4) is 5.75 Å². The van der Waals surface area contributed by atoms with Gasteiger partial charge in [0.2, 0.25) is 5.91 Å². The van der Waals surface area contributed by atoms with E-state index < -0.39 is 0 Å². The van der Waals surface area contributed by atoms with Crippen LogP contribution in [0.2, 0.25) is 0 Å². The first-order valence-electron chi connectivity index (χ1n) is 8.63. The molecule has 2 aromatic heterocycles. The van der Waals surface area contributed by atoms with Crippen LogP contribution >= 0.6 is 39.0 Å². The summed E-state index contributed by atoms with van der Waals surface area (Å²) in [5.41, 5.74) is 0.879. The number of hydrogen-bond donors (Lipinski definition) is 1. The molecule has 4 rings (SSSR count). The molecule has 0 fully saturated rings. The molecular formula is C19H16BrN5O2S2. The summed E-state index contributed by atoms with van der Waals surface area (Å²) in [6.07, 6.45) is 0. The van der Waals surface area contributed by atoms with E-state index >= 15 is 0 Å². The molecule has 0 saturated heterocycles. The van der Waals surface area contributed by atoms with Crippen molar-refractivity contribution in [2.45, 2.75) is 11.8 Å². The van der Waals surface area contributed by atoms with E-state index in [1.54, 1.807) is 0 Å². The average Bonchev–Trinajstić information content (AvgIpc) is 3.28. The van der Waals surface area contributed by atoms with Gasteiger partial charge < -0.3 is 14.6 Å². The predicted octanol–water partition coefficient (Wildman–Crippen LogP) is 4.50. The molecule has 10 heteroatoms. The highest BCUT2D eigenvalue weighted by Crippen LogP contribution is 2.26. The summed E-state index contributed by atoms with van der Waals surface area (Å²) in [7, 11) is 1.86. The van der Waals surface area contributed by atoms with Gasteiger partial charge in [-0.15, -0.1) is 10.2 Å². The van der Waals surface area contributed by atoms with E-state index in [2.05, 4.69) is 36.4 Å². The van der Waals surface area contributed by atoms with Crippen molar-refractivity contribution in [2.75, 3.05) is 11.1 Å². The third kappa shape index (κ3) is 4.95. The molecule has 1 N–H and O–H groups in total. The van der Waals surface area contributed by atoms with Crippen LogP contribution in [0.4, 0.5) is 5.13 Å². The van der Waals surface area contributed by atoms with E-state index in [1.165, 1.54) is 23.1 Å². The molecule has 148 valence electrons. The number of nitrogens with one attached hydrogen (secondary N) is 1. The number of rotatable bonds is 7. The number of ether oxygens (including phenoxy) is 1. The van der Waals surface area contributed by atoms with Crippen LogP contribution in [0.5, 0.6) is 5.75 Å². The van der Waals surface area contributed by atoms with E-state index in [-0.39, 0.29) is 11.7 Å². The second kappa shape index (κ2) is 8.93. The molecule has 0 aliphatic carbocycles. The molecule has 29 heavy (non-hydrogen) atoms. The Bertz CT molecular complexity index is 1110. The number of thioether (sulfide) groups is 1. The highest BCUT2D eigenvalue weighted by atomic mass is 79.9. The van der Waals surface area contributed by atoms with Gasteiger partial charge in [0.25, 0.3) is 0 Å². The standard InChI is InChI=1S/C19H16BrN5O2S2/c1-25-16(10-27-13-8-6-12(20)7-9-13)23-24-19(25)28-11-17(26)22-18-21-14-4-2-3-5-15(14)29-18/h2-9H,10-11H2,1H3,(H,21,22,26). The predicted molar refractivity (Wildman–Crippen MR) is 118 cm³/mol. The maximum absolute atomic E-state index is 12.3. The molecular weight excluding hydrogens is 474 g/mol. The molecule has 1 amide bonds. The largest absolute Gasteiger partial charge is 0.486 e. The minimum Gasteiger partial charge on any atom is -0.486 e. The number of fused-ring (bicyclic) bond motifs is 1. The van der Waals surface area contributed by atoms with E-state index in [0.717, 1.165) is 20.4 Å². The fourth-order valence-corrected chi connectivity index (χ4v) is 4.36. The number of carbonyl (C=O) groups excluding carboxylic acids is 1. The maximum Gasteiger partial charge on any atom is 0.236 e. The molecule has 0 radical (unpaired) electrons. The Morgan fingerprint density at radius 3 is 2.79 bits per heavy atom. The Labute approximate surface area is 183 Å². The Kier molecular flexibility index (Phi) is 6.12. The number of anilines is 1. The number of para-hydroxylation sites is 1. The number of benzene rings is 2. The second-order valence-corrected chi connectivity index (χ2v) is 8.91. The third-order valence-electron chi connectivity index (χ3n) is 3.98. The van der Waals surface area contributed by atoms with Crippen LogP contribution in [0.3, 0.4) is 0 Å². The number of carbonyl (C=O) groups is 1. The minimum absolute atomic E-state index is 0.135. The van der Waals surface area contributed by atoms with Gasteiger partial charge in [-0.2, -0.15) is 0 Å². The highest BCUT2D eigenvalue weighted by molar-refractivity contribution is 9.10. The number of hydrogen-bond acceptors (Lipinski definition) is 7. The summed E-state index contributed by atoms with van der Waals surface area (Å²) < 4.78 is 9.60. The summed E-state index contributed by atoms with van der Waals surface area (Å²) in [6.45, 7) is 0.295. The van der Waals surface area contributed by atoms with Crippen molar-refractivity contribution in [2.24, 2.45) is 7.05 Å². The molecule has 7 nitrogen and oxygen atoms in total. The van der Waals surface area contributed by atoms with Crippen LogP contribution in [0.25, 0.3) is 10.2 Å². The summed E-state index contributed by atoms with van der Waals surface area (Å²) >= 11 is 6.17. The zero-order chi connectivity index (χ0) is 20.2. The van der Waals surface area contributed by atoms with Gasteiger partial charge in [0, 0.05) is 11.5 Å². The number of thiazole rings is 1. The first-order chi connectivity index (χ1) is 14.1. The number of aromatic nitrogens is 4. The van der Waals surface area contributed by atoms with Crippen LogP contribution in [-0.4, -0.2) is 31.4 Å². The lowest BCUT2D eigenvalue weighted by Crippen LogP contribution is -2.14. The normalized spacial score (nSPS) is 11.0. The first kappa shape index (κ1) is 19.9. The number of nitrogens with zero attached hydrogens (tertiary/aromatic N) is 4. The van der Waals surface area contributed by atoms with Crippen molar-refractivity contribution >= 4 is 60.3 Å². The lowest BCUT2D eigenvalue weighted by atomic mass is 10.3. The average molecular weight is 490 g/mol. The van der Waals surface area contributed by atoms with Crippen molar-refractivity contribution in [3.63, 3.8) is 0 Å². The topological polar surface area (TPSA) is 81.9 Å². The van der Waals surface area contributed by atoms with Crippen LogP contribution in [0, 0.1) is 0 Å². The summed E-state index contributed by atoms with van der Waals surface area (Å²) in [5, 5.41) is 12.4. The SMILES string of the molecule is Cn1c(COc2ccc(Br)cc2)nnc1SCC(=O)Nc1nc2ccccc2s1. The number of halogens is 1. The maximum atomic E-state index is 12.3. The van der Waals surface area contributed by atoms with Gasteiger partial charge in [-0.3, -0.25) is 4.79 Å². The minimum atomic E-state index is -0.135. The van der Waals surface area contributed by atoms with Gasteiger partial charge >= 0.3 is 0 Å². The smallest absolute Gasteiger partial charge is 0.236 e. The first-order valence-corrected chi connectivity index (χ1v) is 11.2. The zero-order valence-electron chi connectivity index (χ0n) is 15.3. The van der Waals surface area contributed by atoms with Gasteiger partial charge in [-0.25, -0.2) is 4.98 Å². The fourth-order valence-electron chi connectivity index (χ4n) is 2.49. The molecule has 0 bridgehead atoms. The Morgan fingerprint density at radius 1 is 1.21 bits per heavy atom. The van der Waals surface area contributed by atoms with Crippen LogP contribution in [0.1, 0.15) is 5.82 Å². The molecule has 0 unspecified atom stereocenters. The Morgan fingerprint density at radius 2 is 2.00 bits per heavy atom. The molecule has 4 aromatic rings. The van der Waals surface area contributed by atoms with E-state index in [4.69, 9.17) is 4.74 Å². The molecule has 2 heterocycles. The van der Waals surface area contributed by atoms with Gasteiger partial charge in [0.05, 0.1) is 16.0 Å². The zero-order valence-corrected chi connectivity index (χ0v) is 18.6. The fraction of sp³-hybridized carbons (Fsp3) is 0.158. The van der Waals surface area contributed by atoms with Crippen molar-refractivity contribution < 1.29 is 9.53 Å². The van der Waals surface area contributed by atoms with Crippen molar-refractivity contribution in [1.29, 1.82) is 0 Å². The van der Waals surface area contributed by atoms with Gasteiger partial charge in [0.1, 0.15) is 12.4 Å². The van der Waals surface area contributed by atoms with Gasteiger partial charge in [-0.05, 0) is 36.4 Å². The van der Waals surface area contributed by atoms with Gasteiger partial charge in [0.15, 0.2) is 16.1 Å². The van der Waals surface area contributed by atoms with E-state index in [9.17, 15) is 4.79 Å². The monoisotopic (exact) mass is 489 g/mol. The van der Waals surface area contributed by atoms with Crippen LogP contribution in [0.15, 0.2) is 58.2 Å². The lowest BCUT2D eigenvalue weighted by molar-refractivity contribution is -0.113. The summed E-state index contributed by atoms with van der Waals surface area (Å²) in [6, 6.07) is 15.4. The van der Waals surface area contributed by atoms with Crippen molar-refractivity contribution in [1.82, 2.24) is 19.7 Å².